The molecule has 2 heterocycles. The lowest BCUT2D eigenvalue weighted by atomic mass is 10.1. The van der Waals surface area contributed by atoms with Crippen molar-refractivity contribution in [1.29, 1.82) is 0 Å². The van der Waals surface area contributed by atoms with E-state index in [0.29, 0.717) is 59.6 Å². The Morgan fingerprint density at radius 2 is 2.03 bits per heavy atom. The van der Waals surface area contributed by atoms with Gasteiger partial charge in [0.1, 0.15) is 6.61 Å². The number of nitrogens with zero attached hydrogens (tertiary/aromatic N) is 2. The van der Waals surface area contributed by atoms with Crippen molar-refractivity contribution in [2.75, 3.05) is 23.4 Å². The number of aromatic nitrogens is 1. The Labute approximate surface area is 197 Å². The summed E-state index contributed by atoms with van der Waals surface area (Å²) in [6, 6.07) is 13.9. The number of nitrogens with one attached hydrogen (secondary N) is 1. The second kappa shape index (κ2) is 10.4. The normalized spacial score (nSPS) is 13.2. The highest BCUT2D eigenvalue weighted by Gasteiger charge is 2.23. The third-order valence-corrected chi connectivity index (χ3v) is 5.50. The molecule has 170 valence electrons. The van der Waals surface area contributed by atoms with E-state index >= 15 is 0 Å². The highest BCUT2D eigenvalue weighted by molar-refractivity contribution is 6.34. The van der Waals surface area contributed by atoms with Crippen molar-refractivity contribution in [3.8, 4) is 11.5 Å². The Morgan fingerprint density at radius 3 is 2.73 bits per heavy atom. The molecule has 1 aliphatic rings. The van der Waals surface area contributed by atoms with Crippen LogP contribution < -0.4 is 19.7 Å². The van der Waals surface area contributed by atoms with Crippen LogP contribution in [0, 0.1) is 0 Å². The molecule has 3 aromatic rings. The van der Waals surface area contributed by atoms with E-state index in [1.54, 1.807) is 53.7 Å². The van der Waals surface area contributed by atoms with Crippen LogP contribution in [-0.2, 0) is 11.4 Å². The van der Waals surface area contributed by atoms with Gasteiger partial charge in [0, 0.05) is 42.2 Å². The molecular formula is C25H24ClN3O4. The van der Waals surface area contributed by atoms with E-state index in [1.807, 2.05) is 19.1 Å². The Morgan fingerprint density at radius 1 is 1.15 bits per heavy atom. The number of benzene rings is 2. The van der Waals surface area contributed by atoms with E-state index in [1.165, 1.54) is 0 Å². The van der Waals surface area contributed by atoms with E-state index in [0.717, 1.165) is 12.0 Å². The number of halogens is 1. The summed E-state index contributed by atoms with van der Waals surface area (Å²) in [6.07, 6.45) is 4.78. The molecule has 1 N–H and O–H groups in total. The zero-order valence-electron chi connectivity index (χ0n) is 18.2. The number of ether oxygens (including phenoxy) is 2. The van der Waals surface area contributed by atoms with E-state index in [4.69, 9.17) is 21.1 Å². The lowest BCUT2D eigenvalue weighted by Crippen LogP contribution is -2.24. The maximum atomic E-state index is 12.8. The molecule has 4 rings (SSSR count). The molecule has 0 bridgehead atoms. The van der Waals surface area contributed by atoms with Crippen LogP contribution in [0.4, 0.5) is 11.4 Å². The van der Waals surface area contributed by atoms with Gasteiger partial charge < -0.3 is 19.7 Å². The van der Waals surface area contributed by atoms with Gasteiger partial charge in [0.25, 0.3) is 5.91 Å². The average Bonchev–Trinajstić information content (AvgIpc) is 3.24. The fourth-order valence-corrected chi connectivity index (χ4v) is 3.87. The summed E-state index contributed by atoms with van der Waals surface area (Å²) in [6.45, 7) is 3.29. The number of rotatable bonds is 8. The van der Waals surface area contributed by atoms with Gasteiger partial charge in [-0.15, -0.1) is 0 Å². The van der Waals surface area contributed by atoms with Gasteiger partial charge in [0.15, 0.2) is 11.5 Å². The first kappa shape index (κ1) is 22.6. The minimum atomic E-state index is -0.309. The van der Waals surface area contributed by atoms with Crippen LogP contribution in [0.3, 0.4) is 0 Å². The van der Waals surface area contributed by atoms with Gasteiger partial charge in [0.05, 0.1) is 17.3 Å². The van der Waals surface area contributed by atoms with Crippen LogP contribution in [0.5, 0.6) is 11.5 Å². The molecule has 8 heteroatoms. The summed E-state index contributed by atoms with van der Waals surface area (Å²) in [4.78, 5) is 30.6. The van der Waals surface area contributed by atoms with E-state index < -0.39 is 0 Å². The highest BCUT2D eigenvalue weighted by Crippen LogP contribution is 2.33. The van der Waals surface area contributed by atoms with Gasteiger partial charge in [-0.25, -0.2) is 0 Å². The molecule has 1 aromatic heterocycles. The van der Waals surface area contributed by atoms with Crippen molar-refractivity contribution in [2.45, 2.75) is 26.4 Å². The molecule has 0 unspecified atom stereocenters. The van der Waals surface area contributed by atoms with Crippen molar-refractivity contribution < 1.29 is 19.1 Å². The topological polar surface area (TPSA) is 80.8 Å². The van der Waals surface area contributed by atoms with Crippen molar-refractivity contribution in [1.82, 2.24) is 4.98 Å². The molecule has 1 saturated heterocycles. The number of anilines is 2. The second-order valence-electron chi connectivity index (χ2n) is 7.51. The molecule has 7 nitrogen and oxygen atoms in total. The van der Waals surface area contributed by atoms with Crippen LogP contribution >= 0.6 is 11.6 Å². The van der Waals surface area contributed by atoms with Crippen LogP contribution in [0.2, 0.25) is 5.02 Å². The zero-order chi connectivity index (χ0) is 23.2. The Hall–Kier alpha value is -3.58. The third kappa shape index (κ3) is 5.43. The SMILES string of the molecule is CCOc1cc(C(=O)Nc2ccc(N3CCCC3=O)c(Cl)c2)ccc1OCc1cccnc1. The first-order valence-corrected chi connectivity index (χ1v) is 11.1. The molecule has 1 aliphatic heterocycles. The van der Waals surface area contributed by atoms with Gasteiger partial charge in [0.2, 0.25) is 5.91 Å². The summed E-state index contributed by atoms with van der Waals surface area (Å²) in [5.41, 5.74) is 2.54. The predicted octanol–water partition coefficient (Wildman–Crippen LogP) is 5.09. The molecule has 0 saturated carbocycles. The van der Waals surface area contributed by atoms with Crippen molar-refractivity contribution >= 4 is 34.8 Å². The van der Waals surface area contributed by atoms with E-state index in [2.05, 4.69) is 10.3 Å². The summed E-state index contributed by atoms with van der Waals surface area (Å²) >= 11 is 6.39. The van der Waals surface area contributed by atoms with Gasteiger partial charge in [-0.2, -0.15) is 0 Å². The third-order valence-electron chi connectivity index (χ3n) is 5.19. The standard InChI is InChI=1S/C25H24ClN3O4/c1-2-32-23-13-18(7-10-22(23)33-16-17-5-3-11-27-15-17)25(31)28-19-8-9-21(20(26)14-19)29-12-4-6-24(29)30/h3,5,7-11,13-15H,2,4,6,12,16H2,1H3,(H,28,31). The van der Waals surface area contributed by atoms with Crippen LogP contribution in [-0.4, -0.2) is 29.9 Å². The molecule has 0 radical (unpaired) electrons. The number of hydrogen-bond acceptors (Lipinski definition) is 5. The second-order valence-corrected chi connectivity index (χ2v) is 7.92. The number of pyridine rings is 1. The Kier molecular flexibility index (Phi) is 7.10. The largest absolute Gasteiger partial charge is 0.490 e. The van der Waals surface area contributed by atoms with E-state index in [-0.39, 0.29) is 11.8 Å². The average molecular weight is 466 g/mol. The lowest BCUT2D eigenvalue weighted by molar-refractivity contribution is -0.117. The Bertz CT molecular complexity index is 1150. The first-order chi connectivity index (χ1) is 16.0. The molecule has 2 aromatic carbocycles. The van der Waals surface area contributed by atoms with Gasteiger partial charge in [-0.3, -0.25) is 14.6 Å². The molecule has 0 spiro atoms. The summed E-state index contributed by atoms with van der Waals surface area (Å²) in [7, 11) is 0. The first-order valence-electron chi connectivity index (χ1n) is 10.7. The van der Waals surface area contributed by atoms with Gasteiger partial charge in [-0.1, -0.05) is 17.7 Å². The number of carbonyl (C=O) groups excluding carboxylic acids is 2. The maximum absolute atomic E-state index is 12.8. The highest BCUT2D eigenvalue weighted by atomic mass is 35.5. The number of amides is 2. The van der Waals surface area contributed by atoms with Gasteiger partial charge in [-0.05, 0) is 55.8 Å². The number of hydrogen-bond donors (Lipinski definition) is 1. The zero-order valence-corrected chi connectivity index (χ0v) is 19.0. The lowest BCUT2D eigenvalue weighted by Gasteiger charge is -2.18. The van der Waals surface area contributed by atoms with Crippen molar-refractivity contribution in [3.05, 3.63) is 77.1 Å². The molecule has 0 atom stereocenters. The summed E-state index contributed by atoms with van der Waals surface area (Å²) in [5, 5.41) is 3.26. The predicted molar refractivity (Wildman–Crippen MR) is 127 cm³/mol. The quantitative estimate of drug-likeness (QED) is 0.501. The molecule has 33 heavy (non-hydrogen) atoms. The maximum Gasteiger partial charge on any atom is 0.255 e. The monoisotopic (exact) mass is 465 g/mol. The number of carbonyl (C=O) groups is 2. The van der Waals surface area contributed by atoms with Gasteiger partial charge >= 0.3 is 0 Å². The smallest absolute Gasteiger partial charge is 0.255 e. The van der Waals surface area contributed by atoms with Crippen LogP contribution in [0.1, 0.15) is 35.7 Å². The molecule has 2 amide bonds. The Balaban J connectivity index is 1.46. The minimum Gasteiger partial charge on any atom is -0.490 e. The van der Waals surface area contributed by atoms with Crippen LogP contribution in [0.25, 0.3) is 0 Å². The minimum absolute atomic E-state index is 0.0583. The van der Waals surface area contributed by atoms with Crippen LogP contribution in [0.15, 0.2) is 60.9 Å². The fourth-order valence-electron chi connectivity index (χ4n) is 3.59. The van der Waals surface area contributed by atoms with Crippen molar-refractivity contribution in [3.63, 3.8) is 0 Å². The molecule has 0 aliphatic carbocycles. The van der Waals surface area contributed by atoms with E-state index in [9.17, 15) is 9.59 Å². The fraction of sp³-hybridized carbons (Fsp3) is 0.240. The summed E-state index contributed by atoms with van der Waals surface area (Å²) < 4.78 is 11.6. The van der Waals surface area contributed by atoms with Crippen molar-refractivity contribution in [2.24, 2.45) is 0 Å². The molecular weight excluding hydrogens is 442 g/mol. The molecule has 1 fully saturated rings. The summed E-state index contributed by atoms with van der Waals surface area (Å²) in [5.74, 6) is 0.772.